The second-order valence-corrected chi connectivity index (χ2v) is 9.84. The Morgan fingerprint density at radius 3 is 2.53 bits per heavy atom. The number of ether oxygens (including phenoxy) is 1. The smallest absolute Gasteiger partial charge is 0.274 e. The van der Waals surface area contributed by atoms with E-state index in [1.54, 1.807) is 0 Å². The molecular formula is C23H39N5O2. The van der Waals surface area contributed by atoms with Crippen molar-refractivity contribution >= 4 is 5.91 Å². The number of carbonyl (C=O) groups excluding carboxylic acids is 1. The number of aromatic nitrogens is 2. The summed E-state index contributed by atoms with van der Waals surface area (Å²) >= 11 is 0. The lowest BCUT2D eigenvalue weighted by Gasteiger charge is -2.42. The van der Waals surface area contributed by atoms with Gasteiger partial charge in [0, 0.05) is 62.6 Å². The highest BCUT2D eigenvalue weighted by Gasteiger charge is 2.33. The van der Waals surface area contributed by atoms with Gasteiger partial charge >= 0.3 is 0 Å². The first kappa shape index (κ1) is 21.8. The number of amides is 1. The molecule has 2 fully saturated rings. The van der Waals surface area contributed by atoms with Gasteiger partial charge in [0.15, 0.2) is 5.69 Å². The number of nitrogens with zero attached hydrogens (tertiary/aromatic N) is 4. The van der Waals surface area contributed by atoms with Crippen molar-refractivity contribution in [2.75, 3.05) is 45.9 Å². The monoisotopic (exact) mass is 417 g/mol. The standard InChI is InChI=1S/C23H39N5O2/c1-23(2,28-12-14-30-15-13-28)17-24-18-8-9-20-19(16-18)21(25-26(20)3)22(29)27-10-6-4-5-7-11-27/h18,24H,4-17H2,1-3H3. The van der Waals surface area contributed by atoms with Crippen LogP contribution in [0.15, 0.2) is 0 Å². The molecule has 0 aromatic carbocycles. The topological polar surface area (TPSA) is 62.6 Å². The van der Waals surface area contributed by atoms with Crippen LogP contribution in [-0.2, 0) is 24.6 Å². The fourth-order valence-corrected chi connectivity index (χ4v) is 5.23. The van der Waals surface area contributed by atoms with Gasteiger partial charge in [0.1, 0.15) is 0 Å². The molecular weight excluding hydrogens is 378 g/mol. The highest BCUT2D eigenvalue weighted by Crippen LogP contribution is 2.27. The van der Waals surface area contributed by atoms with Gasteiger partial charge in [0.2, 0.25) is 0 Å². The number of fused-ring (bicyclic) bond motifs is 1. The van der Waals surface area contributed by atoms with Crippen LogP contribution in [0.1, 0.15) is 67.7 Å². The molecule has 0 spiro atoms. The summed E-state index contributed by atoms with van der Waals surface area (Å²) < 4.78 is 7.47. The van der Waals surface area contributed by atoms with Gasteiger partial charge in [-0.05, 0) is 46.0 Å². The maximum absolute atomic E-state index is 13.3. The van der Waals surface area contributed by atoms with Crippen molar-refractivity contribution in [3.63, 3.8) is 0 Å². The summed E-state index contributed by atoms with van der Waals surface area (Å²) in [5.41, 5.74) is 3.23. The first-order valence-electron chi connectivity index (χ1n) is 11.9. The highest BCUT2D eigenvalue weighted by atomic mass is 16.5. The van der Waals surface area contributed by atoms with Gasteiger partial charge in [-0.3, -0.25) is 14.4 Å². The number of hydrogen-bond donors (Lipinski definition) is 1. The highest BCUT2D eigenvalue weighted by molar-refractivity contribution is 5.94. The Hall–Kier alpha value is -1.44. The fourth-order valence-electron chi connectivity index (χ4n) is 5.23. The van der Waals surface area contributed by atoms with E-state index in [4.69, 9.17) is 9.84 Å². The summed E-state index contributed by atoms with van der Waals surface area (Å²) in [6, 6.07) is 0.401. The van der Waals surface area contributed by atoms with Gasteiger partial charge in [0.25, 0.3) is 5.91 Å². The number of nitrogens with one attached hydrogen (secondary N) is 1. The van der Waals surface area contributed by atoms with E-state index < -0.39 is 0 Å². The van der Waals surface area contributed by atoms with Gasteiger partial charge in [-0.1, -0.05) is 12.8 Å². The van der Waals surface area contributed by atoms with Crippen LogP contribution < -0.4 is 5.32 Å². The number of likely N-dealkylation sites (tertiary alicyclic amines) is 1. The summed E-state index contributed by atoms with van der Waals surface area (Å²) in [6.45, 7) is 11.0. The summed E-state index contributed by atoms with van der Waals surface area (Å²) in [7, 11) is 1.99. The molecule has 7 heteroatoms. The largest absolute Gasteiger partial charge is 0.379 e. The molecule has 1 amide bonds. The number of morpholine rings is 1. The van der Waals surface area contributed by atoms with Crippen molar-refractivity contribution in [1.82, 2.24) is 24.9 Å². The van der Waals surface area contributed by atoms with E-state index in [2.05, 4.69) is 24.1 Å². The molecule has 1 aromatic rings. The first-order valence-corrected chi connectivity index (χ1v) is 11.9. The maximum atomic E-state index is 13.3. The molecule has 0 radical (unpaired) electrons. The minimum Gasteiger partial charge on any atom is -0.379 e. The molecule has 30 heavy (non-hydrogen) atoms. The molecule has 1 unspecified atom stereocenters. The van der Waals surface area contributed by atoms with Crippen LogP contribution in [0.4, 0.5) is 0 Å². The molecule has 168 valence electrons. The van der Waals surface area contributed by atoms with Crippen molar-refractivity contribution in [2.45, 2.75) is 70.4 Å². The average molecular weight is 418 g/mol. The SMILES string of the molecule is Cn1nc(C(=O)N2CCCCCC2)c2c1CCC(NCC(C)(C)N1CCOCC1)C2. The molecule has 2 saturated heterocycles. The van der Waals surface area contributed by atoms with E-state index in [1.165, 1.54) is 24.1 Å². The third-order valence-electron chi connectivity index (χ3n) is 7.24. The minimum absolute atomic E-state index is 0.101. The maximum Gasteiger partial charge on any atom is 0.274 e. The Kier molecular flexibility index (Phi) is 6.80. The molecule has 0 bridgehead atoms. The van der Waals surface area contributed by atoms with Crippen LogP contribution in [0, 0.1) is 0 Å². The van der Waals surface area contributed by atoms with Crippen molar-refractivity contribution < 1.29 is 9.53 Å². The lowest BCUT2D eigenvalue weighted by Crippen LogP contribution is -2.56. The number of hydrogen-bond acceptors (Lipinski definition) is 5. The van der Waals surface area contributed by atoms with Crippen LogP contribution in [0.3, 0.4) is 0 Å². The third kappa shape index (κ3) is 4.73. The average Bonchev–Trinajstić information content (AvgIpc) is 2.93. The summed E-state index contributed by atoms with van der Waals surface area (Å²) in [5.74, 6) is 0.142. The first-order chi connectivity index (χ1) is 14.5. The van der Waals surface area contributed by atoms with E-state index in [9.17, 15) is 4.79 Å². The van der Waals surface area contributed by atoms with Crippen molar-refractivity contribution in [1.29, 1.82) is 0 Å². The van der Waals surface area contributed by atoms with Gasteiger partial charge < -0.3 is 15.0 Å². The molecule has 7 nitrogen and oxygen atoms in total. The molecule has 1 aromatic heterocycles. The molecule has 1 aliphatic carbocycles. The molecule has 3 heterocycles. The normalized spacial score (nSPS) is 23.8. The van der Waals surface area contributed by atoms with Crippen LogP contribution in [0.25, 0.3) is 0 Å². The second-order valence-electron chi connectivity index (χ2n) is 9.84. The van der Waals surface area contributed by atoms with Crippen LogP contribution in [0.2, 0.25) is 0 Å². The summed E-state index contributed by atoms with van der Waals surface area (Å²) in [4.78, 5) is 17.8. The molecule has 0 saturated carbocycles. The van der Waals surface area contributed by atoms with Crippen LogP contribution >= 0.6 is 0 Å². The number of carbonyl (C=O) groups is 1. The zero-order valence-electron chi connectivity index (χ0n) is 19.1. The summed E-state index contributed by atoms with van der Waals surface area (Å²) in [6.07, 6.45) is 7.68. The predicted octanol–water partition coefficient (Wildman–Crippen LogP) is 1.99. The van der Waals surface area contributed by atoms with Gasteiger partial charge in [-0.25, -0.2) is 0 Å². The van der Waals surface area contributed by atoms with Crippen LogP contribution in [-0.4, -0.2) is 83.0 Å². The van der Waals surface area contributed by atoms with E-state index in [0.29, 0.717) is 11.7 Å². The number of aryl methyl sites for hydroxylation is 1. The Bertz CT molecular complexity index is 730. The van der Waals surface area contributed by atoms with Crippen LogP contribution in [0.5, 0.6) is 0 Å². The Morgan fingerprint density at radius 1 is 1.13 bits per heavy atom. The van der Waals surface area contributed by atoms with E-state index >= 15 is 0 Å². The predicted molar refractivity (Wildman–Crippen MR) is 118 cm³/mol. The lowest BCUT2D eigenvalue weighted by molar-refractivity contribution is -0.0104. The fraction of sp³-hybridized carbons (Fsp3) is 0.826. The number of rotatable bonds is 5. The molecule has 1 atom stereocenters. The Labute approximate surface area is 181 Å². The van der Waals surface area contributed by atoms with Gasteiger partial charge in [-0.2, -0.15) is 5.10 Å². The van der Waals surface area contributed by atoms with Crippen molar-refractivity contribution in [3.8, 4) is 0 Å². The van der Waals surface area contributed by atoms with E-state index in [0.717, 1.165) is 78.0 Å². The molecule has 2 aliphatic heterocycles. The summed E-state index contributed by atoms with van der Waals surface area (Å²) in [5, 5.41) is 8.51. The zero-order valence-corrected chi connectivity index (χ0v) is 19.1. The van der Waals surface area contributed by atoms with Gasteiger partial charge in [-0.15, -0.1) is 0 Å². The van der Waals surface area contributed by atoms with E-state index in [-0.39, 0.29) is 11.4 Å². The molecule has 1 N–H and O–H groups in total. The Morgan fingerprint density at radius 2 is 1.83 bits per heavy atom. The minimum atomic E-state index is 0.101. The van der Waals surface area contributed by atoms with Crippen molar-refractivity contribution in [3.05, 3.63) is 17.0 Å². The van der Waals surface area contributed by atoms with Gasteiger partial charge in [0.05, 0.1) is 13.2 Å². The quantitative estimate of drug-likeness (QED) is 0.794. The molecule has 4 rings (SSSR count). The van der Waals surface area contributed by atoms with E-state index in [1.807, 2.05) is 16.6 Å². The molecule has 3 aliphatic rings. The zero-order chi connectivity index (χ0) is 21.1. The Balaban J connectivity index is 1.42. The lowest BCUT2D eigenvalue weighted by atomic mass is 9.90. The van der Waals surface area contributed by atoms with Crippen molar-refractivity contribution in [2.24, 2.45) is 7.05 Å². The second kappa shape index (κ2) is 9.37. The third-order valence-corrected chi connectivity index (χ3v) is 7.24.